The molecule has 0 amide bonds. The van der Waals surface area contributed by atoms with Crippen molar-refractivity contribution < 1.29 is 14.6 Å². The largest absolute Gasteiger partial charge is 0.462 e. The van der Waals surface area contributed by atoms with Gasteiger partial charge >= 0.3 is 5.97 Å². The van der Waals surface area contributed by atoms with Crippen molar-refractivity contribution >= 4 is 11.9 Å². The van der Waals surface area contributed by atoms with Gasteiger partial charge in [0.25, 0.3) is 0 Å². The Morgan fingerprint density at radius 1 is 1.60 bits per heavy atom. The molecule has 1 unspecified atom stereocenters. The molecule has 1 aliphatic rings. The Balaban J connectivity index is 2.18. The average molecular weight is 279 g/mol. The molecule has 1 aromatic rings. The molecule has 1 fully saturated rings. The van der Waals surface area contributed by atoms with Gasteiger partial charge < -0.3 is 14.7 Å². The lowest BCUT2D eigenvalue weighted by atomic mass is 9.95. The molecule has 6 nitrogen and oxygen atoms in total. The van der Waals surface area contributed by atoms with Crippen molar-refractivity contribution in [1.29, 1.82) is 0 Å². The number of ether oxygens (including phenoxy) is 1. The summed E-state index contributed by atoms with van der Waals surface area (Å²) < 4.78 is 4.95. The minimum atomic E-state index is -0.713. The molecule has 110 valence electrons. The predicted molar refractivity (Wildman–Crippen MR) is 74.8 cm³/mol. The summed E-state index contributed by atoms with van der Waals surface area (Å²) in [6.45, 7) is 6.99. The first kappa shape index (κ1) is 14.7. The monoisotopic (exact) mass is 279 g/mol. The van der Waals surface area contributed by atoms with E-state index in [0.717, 1.165) is 19.4 Å². The zero-order chi connectivity index (χ0) is 14.8. The number of aliphatic hydroxyl groups is 1. The summed E-state index contributed by atoms with van der Waals surface area (Å²) in [7, 11) is 0. The Morgan fingerprint density at radius 2 is 2.35 bits per heavy atom. The van der Waals surface area contributed by atoms with Gasteiger partial charge in [0.2, 0.25) is 5.95 Å². The molecule has 0 saturated carbocycles. The highest BCUT2D eigenvalue weighted by atomic mass is 16.5. The van der Waals surface area contributed by atoms with Gasteiger partial charge in [-0.3, -0.25) is 0 Å². The third kappa shape index (κ3) is 3.25. The second-order valence-electron chi connectivity index (χ2n) is 5.41. The molecule has 1 aliphatic heterocycles. The molecule has 6 heteroatoms. The summed E-state index contributed by atoms with van der Waals surface area (Å²) in [5, 5.41) is 10.1. The third-order valence-electron chi connectivity index (χ3n) is 3.42. The van der Waals surface area contributed by atoms with Gasteiger partial charge in [-0.2, -0.15) is 0 Å². The summed E-state index contributed by atoms with van der Waals surface area (Å²) in [5.41, 5.74) is 0.271. The van der Waals surface area contributed by atoms with Gasteiger partial charge in [-0.15, -0.1) is 0 Å². The van der Waals surface area contributed by atoms with Gasteiger partial charge in [-0.25, -0.2) is 14.8 Å². The van der Waals surface area contributed by atoms with E-state index in [1.54, 1.807) is 13.8 Å². The Hall–Kier alpha value is -1.69. The van der Waals surface area contributed by atoms with E-state index >= 15 is 0 Å². The van der Waals surface area contributed by atoms with Crippen LogP contribution in [0.5, 0.6) is 0 Å². The minimum Gasteiger partial charge on any atom is -0.462 e. The number of carbonyl (C=O) groups is 1. The summed E-state index contributed by atoms with van der Waals surface area (Å²) in [4.78, 5) is 22.3. The SMILES string of the molecule is CCOC(=O)c1cnc(N2CCCC(C)(O)C2)nc1C. The van der Waals surface area contributed by atoms with E-state index < -0.39 is 11.6 Å². The van der Waals surface area contributed by atoms with E-state index in [-0.39, 0.29) is 0 Å². The maximum absolute atomic E-state index is 11.7. The van der Waals surface area contributed by atoms with Gasteiger partial charge in [0, 0.05) is 19.3 Å². The Bertz CT molecular complexity index is 502. The van der Waals surface area contributed by atoms with E-state index in [1.807, 2.05) is 11.8 Å². The van der Waals surface area contributed by atoms with Gasteiger partial charge in [0.05, 0.1) is 23.5 Å². The normalized spacial score (nSPS) is 22.7. The lowest BCUT2D eigenvalue weighted by Gasteiger charge is -2.36. The molecule has 2 heterocycles. The highest BCUT2D eigenvalue weighted by molar-refractivity contribution is 5.90. The second-order valence-corrected chi connectivity index (χ2v) is 5.41. The van der Waals surface area contributed by atoms with Gasteiger partial charge in [0.1, 0.15) is 0 Å². The fourth-order valence-electron chi connectivity index (χ4n) is 2.41. The van der Waals surface area contributed by atoms with Crippen LogP contribution in [-0.2, 0) is 4.74 Å². The highest BCUT2D eigenvalue weighted by Gasteiger charge is 2.30. The number of anilines is 1. The smallest absolute Gasteiger partial charge is 0.341 e. The van der Waals surface area contributed by atoms with E-state index in [4.69, 9.17) is 4.74 Å². The maximum atomic E-state index is 11.7. The first-order valence-corrected chi connectivity index (χ1v) is 6.91. The number of nitrogens with zero attached hydrogens (tertiary/aromatic N) is 3. The fraction of sp³-hybridized carbons (Fsp3) is 0.643. The number of carbonyl (C=O) groups excluding carboxylic acids is 1. The molecule has 0 aromatic carbocycles. The second kappa shape index (κ2) is 5.75. The van der Waals surface area contributed by atoms with Crippen molar-refractivity contribution in [3.8, 4) is 0 Å². The van der Waals surface area contributed by atoms with E-state index in [9.17, 15) is 9.90 Å². The average Bonchev–Trinajstić information content (AvgIpc) is 2.37. The first-order valence-electron chi connectivity index (χ1n) is 6.91. The predicted octanol–water partition coefficient (Wildman–Crippen LogP) is 1.31. The van der Waals surface area contributed by atoms with Crippen molar-refractivity contribution in [1.82, 2.24) is 9.97 Å². The van der Waals surface area contributed by atoms with Crippen molar-refractivity contribution in [3.05, 3.63) is 17.5 Å². The molecule has 0 bridgehead atoms. The van der Waals surface area contributed by atoms with Crippen molar-refractivity contribution in [2.45, 2.75) is 39.2 Å². The number of aromatic nitrogens is 2. The Labute approximate surface area is 118 Å². The minimum absolute atomic E-state index is 0.328. The van der Waals surface area contributed by atoms with Gasteiger partial charge in [-0.05, 0) is 33.6 Å². The number of hydrogen-bond acceptors (Lipinski definition) is 6. The van der Waals surface area contributed by atoms with Crippen LogP contribution >= 0.6 is 0 Å². The van der Waals surface area contributed by atoms with E-state index in [2.05, 4.69) is 9.97 Å². The quantitative estimate of drug-likeness (QED) is 0.841. The summed E-state index contributed by atoms with van der Waals surface area (Å²) in [6, 6.07) is 0. The van der Waals surface area contributed by atoms with Crippen LogP contribution in [-0.4, -0.2) is 46.3 Å². The fourth-order valence-corrected chi connectivity index (χ4v) is 2.41. The number of hydrogen-bond donors (Lipinski definition) is 1. The molecule has 1 N–H and O–H groups in total. The number of piperidine rings is 1. The first-order chi connectivity index (χ1) is 9.43. The van der Waals surface area contributed by atoms with Crippen LogP contribution < -0.4 is 4.90 Å². The Morgan fingerprint density at radius 3 is 2.95 bits per heavy atom. The number of rotatable bonds is 3. The molecule has 0 radical (unpaired) electrons. The highest BCUT2D eigenvalue weighted by Crippen LogP contribution is 2.23. The zero-order valence-electron chi connectivity index (χ0n) is 12.2. The molecular formula is C14H21N3O3. The van der Waals surface area contributed by atoms with Crippen molar-refractivity contribution in [2.75, 3.05) is 24.6 Å². The standard InChI is InChI=1S/C14H21N3O3/c1-4-20-12(18)11-8-15-13(16-10(11)2)17-7-5-6-14(3,19)9-17/h8,19H,4-7,9H2,1-3H3. The van der Waals surface area contributed by atoms with Crippen LogP contribution in [0.2, 0.25) is 0 Å². The third-order valence-corrected chi connectivity index (χ3v) is 3.42. The summed E-state index contributed by atoms with van der Waals surface area (Å²) in [5.74, 6) is 0.151. The lowest BCUT2D eigenvalue weighted by Crippen LogP contribution is -2.46. The van der Waals surface area contributed by atoms with Gasteiger partial charge in [0.15, 0.2) is 0 Å². The lowest BCUT2D eigenvalue weighted by molar-refractivity contribution is 0.0442. The molecule has 1 saturated heterocycles. The van der Waals surface area contributed by atoms with E-state index in [1.165, 1.54) is 6.20 Å². The molecule has 0 spiro atoms. The zero-order valence-corrected chi connectivity index (χ0v) is 12.2. The van der Waals surface area contributed by atoms with Crippen molar-refractivity contribution in [2.24, 2.45) is 0 Å². The molecule has 20 heavy (non-hydrogen) atoms. The summed E-state index contributed by atoms with van der Waals surface area (Å²) in [6.07, 6.45) is 3.18. The van der Waals surface area contributed by atoms with Crippen LogP contribution in [0.25, 0.3) is 0 Å². The molecular weight excluding hydrogens is 258 g/mol. The van der Waals surface area contributed by atoms with Crippen LogP contribution in [0.3, 0.4) is 0 Å². The van der Waals surface area contributed by atoms with Crippen LogP contribution in [0.1, 0.15) is 42.7 Å². The molecule has 2 rings (SSSR count). The molecule has 1 aromatic heterocycles. The number of esters is 1. The van der Waals surface area contributed by atoms with Crippen LogP contribution in [0.4, 0.5) is 5.95 Å². The van der Waals surface area contributed by atoms with Crippen LogP contribution in [0.15, 0.2) is 6.20 Å². The topological polar surface area (TPSA) is 75.5 Å². The molecule has 1 atom stereocenters. The molecule has 0 aliphatic carbocycles. The Kier molecular flexibility index (Phi) is 4.23. The van der Waals surface area contributed by atoms with Crippen LogP contribution in [0, 0.1) is 6.92 Å². The summed E-state index contributed by atoms with van der Waals surface area (Å²) >= 11 is 0. The van der Waals surface area contributed by atoms with Gasteiger partial charge in [-0.1, -0.05) is 0 Å². The number of β-amino-alcohol motifs (C(OH)–C–C–N with tert-alkyl or cyclic N) is 1. The van der Waals surface area contributed by atoms with E-state index in [0.29, 0.717) is 30.4 Å². The number of aryl methyl sites for hydroxylation is 1. The maximum Gasteiger partial charge on any atom is 0.341 e. The van der Waals surface area contributed by atoms with Crippen molar-refractivity contribution in [3.63, 3.8) is 0 Å².